The lowest BCUT2D eigenvalue weighted by Gasteiger charge is -2.19. The van der Waals surface area contributed by atoms with Crippen molar-refractivity contribution in [3.63, 3.8) is 0 Å². The van der Waals surface area contributed by atoms with Crippen LogP contribution in [0.25, 0.3) is 0 Å². The normalized spacial score (nSPS) is 12.4. The Kier molecular flexibility index (Phi) is 7.60. The predicted molar refractivity (Wildman–Crippen MR) is 81.6 cm³/mol. The van der Waals surface area contributed by atoms with Crippen LogP contribution in [-0.4, -0.2) is 19.2 Å². The third kappa shape index (κ3) is 6.27. The van der Waals surface area contributed by atoms with Gasteiger partial charge in [0.25, 0.3) is 0 Å². The molecule has 0 saturated carbocycles. The van der Waals surface area contributed by atoms with Gasteiger partial charge in [0.15, 0.2) is 0 Å². The lowest BCUT2D eigenvalue weighted by Crippen LogP contribution is -2.31. The first kappa shape index (κ1) is 14.8. The van der Waals surface area contributed by atoms with Crippen LogP contribution in [0.15, 0.2) is 24.3 Å². The summed E-state index contributed by atoms with van der Waals surface area (Å²) in [6, 6.07) is 8.24. The first-order valence-corrected chi connectivity index (χ1v) is 7.47. The number of ether oxygens (including phenoxy) is 1. The van der Waals surface area contributed by atoms with Crippen molar-refractivity contribution in [3.8, 4) is 5.75 Å². The first-order chi connectivity index (χ1) is 8.26. The van der Waals surface area contributed by atoms with Crippen LogP contribution < -0.4 is 10.1 Å². The standard InChI is InChI=1S/C14H22INO/c1-3-6-14(11-16-9-4-2)17-13-8-5-7-12(15)10-13/h5,7-8,10,14,16H,3-4,6,9,11H2,1-2H3. The van der Waals surface area contributed by atoms with Gasteiger partial charge in [-0.3, -0.25) is 0 Å². The van der Waals surface area contributed by atoms with Gasteiger partial charge in [-0.15, -0.1) is 0 Å². The molecule has 0 aromatic heterocycles. The van der Waals surface area contributed by atoms with E-state index in [1.807, 2.05) is 12.1 Å². The number of nitrogens with one attached hydrogen (secondary N) is 1. The molecule has 3 heteroatoms. The summed E-state index contributed by atoms with van der Waals surface area (Å²) in [5.41, 5.74) is 0. The van der Waals surface area contributed by atoms with E-state index in [1.54, 1.807) is 0 Å². The molecule has 0 bridgehead atoms. The van der Waals surface area contributed by atoms with Crippen LogP contribution in [0.4, 0.5) is 0 Å². The summed E-state index contributed by atoms with van der Waals surface area (Å²) in [6.45, 7) is 6.39. The van der Waals surface area contributed by atoms with E-state index in [0.717, 1.165) is 31.7 Å². The van der Waals surface area contributed by atoms with Crippen molar-refractivity contribution in [1.82, 2.24) is 5.32 Å². The summed E-state index contributed by atoms with van der Waals surface area (Å²) < 4.78 is 7.23. The van der Waals surface area contributed by atoms with E-state index in [9.17, 15) is 0 Å². The Hall–Kier alpha value is -0.290. The first-order valence-electron chi connectivity index (χ1n) is 6.39. The largest absolute Gasteiger partial charge is 0.489 e. The van der Waals surface area contributed by atoms with Crippen LogP contribution in [0, 0.1) is 3.57 Å². The van der Waals surface area contributed by atoms with Gasteiger partial charge in [0.2, 0.25) is 0 Å². The van der Waals surface area contributed by atoms with Crippen molar-refractivity contribution in [2.75, 3.05) is 13.1 Å². The lowest BCUT2D eigenvalue weighted by atomic mass is 10.2. The summed E-state index contributed by atoms with van der Waals surface area (Å²) in [6.07, 6.45) is 3.71. The molecule has 2 nitrogen and oxygen atoms in total. The maximum Gasteiger partial charge on any atom is 0.120 e. The highest BCUT2D eigenvalue weighted by Crippen LogP contribution is 2.17. The Morgan fingerprint density at radius 2 is 2.12 bits per heavy atom. The number of benzene rings is 1. The average Bonchev–Trinajstić information content (AvgIpc) is 2.29. The topological polar surface area (TPSA) is 21.3 Å². The van der Waals surface area contributed by atoms with Crippen LogP contribution >= 0.6 is 22.6 Å². The van der Waals surface area contributed by atoms with E-state index in [-0.39, 0.29) is 6.10 Å². The summed E-state index contributed by atoms with van der Waals surface area (Å²) >= 11 is 2.31. The van der Waals surface area contributed by atoms with Gasteiger partial charge in [0.1, 0.15) is 11.9 Å². The van der Waals surface area contributed by atoms with Gasteiger partial charge in [-0.2, -0.15) is 0 Å². The number of hydrogen-bond donors (Lipinski definition) is 1. The maximum atomic E-state index is 6.01. The van der Waals surface area contributed by atoms with Gasteiger partial charge >= 0.3 is 0 Å². The Morgan fingerprint density at radius 1 is 1.29 bits per heavy atom. The monoisotopic (exact) mass is 347 g/mol. The van der Waals surface area contributed by atoms with Crippen LogP contribution in [0.3, 0.4) is 0 Å². The van der Waals surface area contributed by atoms with Crippen LogP contribution in [0.2, 0.25) is 0 Å². The van der Waals surface area contributed by atoms with E-state index in [4.69, 9.17) is 4.74 Å². The van der Waals surface area contributed by atoms with Crippen LogP contribution in [0.5, 0.6) is 5.75 Å². The summed E-state index contributed by atoms with van der Waals surface area (Å²) in [5.74, 6) is 0.980. The molecule has 1 unspecified atom stereocenters. The third-order valence-corrected chi connectivity index (χ3v) is 3.18. The molecule has 1 atom stereocenters. The maximum absolute atomic E-state index is 6.01. The van der Waals surface area contributed by atoms with Crippen molar-refractivity contribution < 1.29 is 4.74 Å². The molecule has 0 spiro atoms. The highest BCUT2D eigenvalue weighted by molar-refractivity contribution is 14.1. The smallest absolute Gasteiger partial charge is 0.120 e. The molecular formula is C14H22INO. The number of rotatable bonds is 8. The molecule has 0 saturated heterocycles. The highest BCUT2D eigenvalue weighted by Gasteiger charge is 2.09. The molecule has 1 aromatic carbocycles. The summed E-state index contributed by atoms with van der Waals surface area (Å²) in [7, 11) is 0. The van der Waals surface area contributed by atoms with Gasteiger partial charge in [-0.25, -0.2) is 0 Å². The van der Waals surface area contributed by atoms with E-state index in [0.29, 0.717) is 0 Å². The van der Waals surface area contributed by atoms with Crippen molar-refractivity contribution in [2.45, 2.75) is 39.2 Å². The van der Waals surface area contributed by atoms with Crippen molar-refractivity contribution in [3.05, 3.63) is 27.8 Å². The molecular weight excluding hydrogens is 325 g/mol. The number of halogens is 1. The third-order valence-electron chi connectivity index (χ3n) is 2.51. The van der Waals surface area contributed by atoms with Gasteiger partial charge in [0, 0.05) is 10.1 Å². The second-order valence-corrected chi connectivity index (χ2v) is 5.44. The summed E-state index contributed by atoms with van der Waals surface area (Å²) in [4.78, 5) is 0. The Morgan fingerprint density at radius 3 is 2.76 bits per heavy atom. The zero-order chi connectivity index (χ0) is 12.5. The Labute approximate surface area is 118 Å². The Balaban J connectivity index is 2.47. The molecule has 0 aliphatic carbocycles. The lowest BCUT2D eigenvalue weighted by molar-refractivity contribution is 0.186. The van der Waals surface area contributed by atoms with E-state index in [2.05, 4.69) is 53.9 Å². The molecule has 0 fully saturated rings. The molecule has 0 radical (unpaired) electrons. The SMILES string of the molecule is CCCNCC(CCC)Oc1cccc(I)c1. The van der Waals surface area contributed by atoms with E-state index in [1.165, 1.54) is 9.99 Å². The quantitative estimate of drug-likeness (QED) is 0.570. The Bertz CT molecular complexity index is 317. The second-order valence-electron chi connectivity index (χ2n) is 4.19. The fourth-order valence-corrected chi connectivity index (χ4v) is 2.21. The molecule has 17 heavy (non-hydrogen) atoms. The predicted octanol–water partition coefficient (Wildman–Crippen LogP) is 3.84. The molecule has 1 rings (SSSR count). The number of hydrogen-bond acceptors (Lipinski definition) is 2. The molecule has 0 amide bonds. The van der Waals surface area contributed by atoms with Gasteiger partial charge in [0.05, 0.1) is 0 Å². The van der Waals surface area contributed by atoms with Gasteiger partial charge in [-0.05, 0) is 60.2 Å². The van der Waals surface area contributed by atoms with Gasteiger partial charge < -0.3 is 10.1 Å². The average molecular weight is 347 g/mol. The van der Waals surface area contributed by atoms with Crippen LogP contribution in [-0.2, 0) is 0 Å². The van der Waals surface area contributed by atoms with Gasteiger partial charge in [-0.1, -0.05) is 26.3 Å². The second kappa shape index (κ2) is 8.75. The fourth-order valence-electron chi connectivity index (χ4n) is 1.70. The highest BCUT2D eigenvalue weighted by atomic mass is 127. The molecule has 0 heterocycles. The minimum Gasteiger partial charge on any atom is -0.489 e. The molecule has 1 N–H and O–H groups in total. The van der Waals surface area contributed by atoms with Crippen molar-refractivity contribution in [1.29, 1.82) is 0 Å². The zero-order valence-corrected chi connectivity index (χ0v) is 12.9. The fraction of sp³-hybridized carbons (Fsp3) is 0.571. The zero-order valence-electron chi connectivity index (χ0n) is 10.7. The minimum absolute atomic E-state index is 0.282. The van der Waals surface area contributed by atoms with Crippen molar-refractivity contribution in [2.24, 2.45) is 0 Å². The summed E-state index contributed by atoms with van der Waals surface area (Å²) in [5, 5.41) is 3.43. The molecule has 96 valence electrons. The van der Waals surface area contributed by atoms with E-state index < -0.39 is 0 Å². The van der Waals surface area contributed by atoms with E-state index >= 15 is 0 Å². The molecule has 1 aromatic rings. The molecule has 0 aliphatic rings. The van der Waals surface area contributed by atoms with Crippen LogP contribution in [0.1, 0.15) is 33.1 Å². The minimum atomic E-state index is 0.282. The van der Waals surface area contributed by atoms with Crippen molar-refractivity contribution >= 4 is 22.6 Å². The molecule has 0 aliphatic heterocycles.